The molecule has 0 aliphatic rings. The molecule has 0 aliphatic heterocycles. The summed E-state index contributed by atoms with van der Waals surface area (Å²) in [5.74, 6) is 0.808. The van der Waals surface area contributed by atoms with Gasteiger partial charge in [-0.1, -0.05) is 18.2 Å². The number of aromatic nitrogens is 6. The van der Waals surface area contributed by atoms with Crippen LogP contribution in [0.5, 0.6) is 0 Å². The number of nitrogens with two attached hydrogens (primary N) is 1. The minimum absolute atomic E-state index is 0.134. The number of nitriles is 1. The lowest BCUT2D eigenvalue weighted by Crippen LogP contribution is -2.01. The first-order chi connectivity index (χ1) is 13.3. The van der Waals surface area contributed by atoms with E-state index >= 15 is 0 Å². The van der Waals surface area contributed by atoms with Crippen molar-refractivity contribution < 1.29 is 0 Å². The van der Waals surface area contributed by atoms with Gasteiger partial charge < -0.3 is 5.73 Å². The van der Waals surface area contributed by atoms with Crippen LogP contribution in [0.3, 0.4) is 0 Å². The third kappa shape index (κ3) is 3.33. The van der Waals surface area contributed by atoms with Gasteiger partial charge in [0.05, 0.1) is 6.20 Å². The lowest BCUT2D eigenvalue weighted by atomic mass is 10.2. The summed E-state index contributed by atoms with van der Waals surface area (Å²) in [6, 6.07) is 15.4. The van der Waals surface area contributed by atoms with E-state index < -0.39 is 0 Å². The van der Waals surface area contributed by atoms with Crippen molar-refractivity contribution >= 4 is 17.6 Å². The molecule has 0 bridgehead atoms. The molecule has 0 amide bonds. The Balaban J connectivity index is 1.81. The Morgan fingerprint density at radius 1 is 1.04 bits per heavy atom. The highest BCUT2D eigenvalue weighted by molar-refractivity contribution is 7.99. The van der Waals surface area contributed by atoms with Gasteiger partial charge in [0.15, 0.2) is 11.0 Å². The Hall–Kier alpha value is -3.77. The van der Waals surface area contributed by atoms with Crippen LogP contribution in [0.4, 0.5) is 5.82 Å². The van der Waals surface area contributed by atoms with Gasteiger partial charge >= 0.3 is 0 Å². The summed E-state index contributed by atoms with van der Waals surface area (Å²) in [5, 5.41) is 18.6. The fourth-order valence-electron chi connectivity index (χ4n) is 2.43. The first-order valence-corrected chi connectivity index (χ1v) is 8.69. The fraction of sp³-hybridized carbons (Fsp3) is 0. The number of pyridine rings is 1. The van der Waals surface area contributed by atoms with Gasteiger partial charge in [-0.3, -0.25) is 9.55 Å². The average Bonchev–Trinajstić information content (AvgIpc) is 3.13. The second kappa shape index (κ2) is 7.23. The van der Waals surface area contributed by atoms with Crippen molar-refractivity contribution in [3.8, 4) is 23.1 Å². The monoisotopic (exact) mass is 372 g/mol. The van der Waals surface area contributed by atoms with Gasteiger partial charge in [-0.05, 0) is 36.0 Å². The molecule has 4 rings (SSSR count). The maximum atomic E-state index is 8.97. The van der Waals surface area contributed by atoms with Gasteiger partial charge in [0.2, 0.25) is 5.16 Å². The maximum absolute atomic E-state index is 8.97. The van der Waals surface area contributed by atoms with Gasteiger partial charge in [0.25, 0.3) is 0 Å². The first-order valence-electron chi connectivity index (χ1n) is 7.88. The summed E-state index contributed by atoms with van der Waals surface area (Å²) in [6.45, 7) is 0. The van der Waals surface area contributed by atoms with Crippen LogP contribution in [-0.2, 0) is 0 Å². The quantitative estimate of drug-likeness (QED) is 0.543. The van der Waals surface area contributed by atoms with E-state index in [1.165, 1.54) is 18.0 Å². The van der Waals surface area contributed by atoms with E-state index in [2.05, 4.69) is 25.1 Å². The third-order valence-corrected chi connectivity index (χ3v) is 4.51. The molecular weight excluding hydrogens is 360 g/mol. The zero-order valence-electron chi connectivity index (χ0n) is 13.9. The Bertz CT molecular complexity index is 1120. The molecular formula is C18H12N8S. The van der Waals surface area contributed by atoms with Crippen molar-refractivity contribution in [2.24, 2.45) is 0 Å². The van der Waals surface area contributed by atoms with E-state index in [0.29, 0.717) is 16.1 Å². The van der Waals surface area contributed by atoms with E-state index in [4.69, 9.17) is 11.0 Å². The number of benzene rings is 1. The minimum atomic E-state index is 0.134. The van der Waals surface area contributed by atoms with Crippen LogP contribution in [0.1, 0.15) is 5.56 Å². The molecule has 1 aromatic carbocycles. The number of hydrogen-bond acceptors (Lipinski definition) is 8. The number of anilines is 1. The molecule has 0 atom stereocenters. The van der Waals surface area contributed by atoms with Crippen LogP contribution in [-0.4, -0.2) is 29.7 Å². The Morgan fingerprint density at radius 2 is 1.81 bits per heavy atom. The van der Waals surface area contributed by atoms with Crippen LogP contribution in [0.25, 0.3) is 17.1 Å². The van der Waals surface area contributed by atoms with Crippen molar-refractivity contribution in [3.05, 3.63) is 66.6 Å². The number of rotatable bonds is 4. The van der Waals surface area contributed by atoms with Crippen molar-refractivity contribution in [2.45, 2.75) is 10.3 Å². The predicted octanol–water partition coefficient (Wildman–Crippen LogP) is 2.72. The maximum Gasteiger partial charge on any atom is 0.203 e. The lowest BCUT2D eigenvalue weighted by Gasteiger charge is -2.09. The van der Waals surface area contributed by atoms with E-state index in [0.717, 1.165) is 11.3 Å². The summed E-state index contributed by atoms with van der Waals surface area (Å²) < 4.78 is 1.91. The Kier molecular flexibility index (Phi) is 4.47. The molecule has 3 heterocycles. The van der Waals surface area contributed by atoms with E-state index in [9.17, 15) is 0 Å². The summed E-state index contributed by atoms with van der Waals surface area (Å²) in [4.78, 5) is 12.4. The van der Waals surface area contributed by atoms with Crippen LogP contribution >= 0.6 is 11.8 Å². The van der Waals surface area contributed by atoms with Crippen molar-refractivity contribution in [1.29, 1.82) is 5.26 Å². The molecule has 9 heteroatoms. The molecule has 27 heavy (non-hydrogen) atoms. The predicted molar refractivity (Wildman–Crippen MR) is 99.9 cm³/mol. The van der Waals surface area contributed by atoms with Crippen LogP contribution in [0, 0.1) is 11.3 Å². The normalized spacial score (nSPS) is 10.5. The average molecular weight is 372 g/mol. The zero-order chi connectivity index (χ0) is 18.6. The highest BCUT2D eigenvalue weighted by atomic mass is 32.2. The van der Waals surface area contributed by atoms with Crippen molar-refractivity contribution in [2.75, 3.05) is 5.73 Å². The van der Waals surface area contributed by atoms with Crippen molar-refractivity contribution in [3.63, 3.8) is 0 Å². The molecule has 0 fully saturated rings. The summed E-state index contributed by atoms with van der Waals surface area (Å²) in [7, 11) is 0. The van der Waals surface area contributed by atoms with Crippen LogP contribution < -0.4 is 5.73 Å². The molecule has 0 unspecified atom stereocenters. The molecule has 8 nitrogen and oxygen atoms in total. The minimum Gasteiger partial charge on any atom is -0.382 e. The number of para-hydroxylation sites is 1. The first kappa shape index (κ1) is 16.7. The van der Waals surface area contributed by atoms with E-state index in [1.54, 1.807) is 12.4 Å². The molecule has 130 valence electrons. The fourth-order valence-corrected chi connectivity index (χ4v) is 3.21. The van der Waals surface area contributed by atoms with Crippen molar-refractivity contribution in [1.82, 2.24) is 29.7 Å². The lowest BCUT2D eigenvalue weighted by molar-refractivity contribution is 0.872. The van der Waals surface area contributed by atoms with Gasteiger partial charge in [-0.15, -0.1) is 10.2 Å². The molecule has 0 saturated carbocycles. The second-order valence-electron chi connectivity index (χ2n) is 5.38. The highest BCUT2D eigenvalue weighted by Gasteiger charge is 2.18. The highest BCUT2D eigenvalue weighted by Crippen LogP contribution is 2.30. The number of nitrogen functional groups attached to an aromatic ring is 1. The SMILES string of the molecule is N#Cc1cnc(Sc2nnc(-c3ccncc3)n2-c2ccccc2)nc1N. The van der Waals surface area contributed by atoms with Crippen LogP contribution in [0.15, 0.2) is 71.4 Å². The molecule has 4 aromatic rings. The third-order valence-electron chi connectivity index (χ3n) is 3.69. The molecule has 3 aromatic heterocycles. The molecule has 0 aliphatic carbocycles. The van der Waals surface area contributed by atoms with Gasteiger partial charge in [0.1, 0.15) is 17.5 Å². The largest absolute Gasteiger partial charge is 0.382 e. The van der Waals surface area contributed by atoms with Gasteiger partial charge in [-0.25, -0.2) is 9.97 Å². The summed E-state index contributed by atoms with van der Waals surface area (Å²) in [5.41, 5.74) is 7.82. The van der Waals surface area contributed by atoms with E-state index in [-0.39, 0.29) is 11.4 Å². The number of nitrogens with zero attached hydrogens (tertiary/aromatic N) is 7. The van der Waals surface area contributed by atoms with E-state index in [1.807, 2.05) is 53.1 Å². The zero-order valence-corrected chi connectivity index (χ0v) is 14.7. The Labute approximate surface area is 158 Å². The molecule has 0 spiro atoms. The summed E-state index contributed by atoms with van der Waals surface area (Å²) >= 11 is 1.22. The number of hydrogen-bond donors (Lipinski definition) is 1. The molecule has 0 saturated heterocycles. The van der Waals surface area contributed by atoms with Gasteiger partial charge in [-0.2, -0.15) is 5.26 Å². The molecule has 2 N–H and O–H groups in total. The topological polar surface area (TPSA) is 119 Å². The molecule has 0 radical (unpaired) electrons. The van der Waals surface area contributed by atoms with Gasteiger partial charge in [0, 0.05) is 23.6 Å². The standard InChI is InChI=1S/C18H12N8S/c19-10-13-11-22-17(23-15(13)20)27-18-25-24-16(12-6-8-21-9-7-12)26(18)14-4-2-1-3-5-14/h1-9,11H,(H2,20,22,23). The Morgan fingerprint density at radius 3 is 2.52 bits per heavy atom. The smallest absolute Gasteiger partial charge is 0.203 e. The summed E-state index contributed by atoms with van der Waals surface area (Å²) in [6.07, 6.45) is 4.81. The van der Waals surface area contributed by atoms with Crippen LogP contribution in [0.2, 0.25) is 0 Å². The second-order valence-corrected chi connectivity index (χ2v) is 6.31.